The second-order valence-corrected chi connectivity index (χ2v) is 7.68. The van der Waals surface area contributed by atoms with Gasteiger partial charge in [-0.05, 0) is 49.3 Å². The Bertz CT molecular complexity index is 1110. The number of nitrogens with zero attached hydrogens (tertiary/aromatic N) is 2. The lowest BCUT2D eigenvalue weighted by atomic mass is 9.87. The second-order valence-electron chi connectivity index (χ2n) is 7.68. The minimum absolute atomic E-state index is 0.0159. The van der Waals surface area contributed by atoms with E-state index < -0.39 is 0 Å². The summed E-state index contributed by atoms with van der Waals surface area (Å²) in [6, 6.07) is 10.1. The molecule has 0 saturated heterocycles. The van der Waals surface area contributed by atoms with Gasteiger partial charge in [-0.25, -0.2) is 4.98 Å². The summed E-state index contributed by atoms with van der Waals surface area (Å²) in [5.41, 5.74) is 4.12. The summed E-state index contributed by atoms with van der Waals surface area (Å²) in [4.78, 5) is 30.2. The average Bonchev–Trinajstić information content (AvgIpc) is 3.48. The molecule has 1 saturated carbocycles. The van der Waals surface area contributed by atoms with Crippen LogP contribution in [-0.2, 0) is 13.5 Å². The highest BCUT2D eigenvalue weighted by Crippen LogP contribution is 2.40. The van der Waals surface area contributed by atoms with E-state index in [1.807, 2.05) is 18.2 Å². The third-order valence-electron chi connectivity index (χ3n) is 5.75. The maximum Gasteiger partial charge on any atom is 0.274 e. The molecule has 2 heterocycles. The van der Waals surface area contributed by atoms with Crippen molar-refractivity contribution in [2.75, 3.05) is 0 Å². The molecule has 0 radical (unpaired) electrons. The number of amides is 1. The Morgan fingerprint density at radius 1 is 1.26 bits per heavy atom. The minimum atomic E-state index is -0.267. The van der Waals surface area contributed by atoms with Crippen molar-refractivity contribution in [1.82, 2.24) is 20.1 Å². The maximum absolute atomic E-state index is 13.2. The van der Waals surface area contributed by atoms with Crippen LogP contribution < -0.4 is 10.9 Å². The van der Waals surface area contributed by atoms with Gasteiger partial charge in [0.1, 0.15) is 0 Å². The van der Waals surface area contributed by atoms with Gasteiger partial charge in [0.15, 0.2) is 5.65 Å². The molecule has 6 heteroatoms. The first-order chi connectivity index (χ1) is 13.1. The van der Waals surface area contributed by atoms with E-state index in [9.17, 15) is 9.59 Å². The zero-order valence-electron chi connectivity index (χ0n) is 15.3. The van der Waals surface area contributed by atoms with E-state index in [4.69, 9.17) is 0 Å². The molecule has 0 bridgehead atoms. The van der Waals surface area contributed by atoms with E-state index >= 15 is 0 Å². The molecule has 1 aromatic carbocycles. The summed E-state index contributed by atoms with van der Waals surface area (Å²) < 4.78 is 1.61. The van der Waals surface area contributed by atoms with Gasteiger partial charge >= 0.3 is 0 Å². The molecule has 0 unspecified atom stereocenters. The fraction of sp³-hybridized carbons (Fsp3) is 0.381. The molecule has 2 aromatic heterocycles. The average molecular weight is 362 g/mol. The number of hydrogen-bond donors (Lipinski definition) is 2. The lowest BCUT2D eigenvalue weighted by molar-refractivity contribution is 0.0934. The highest BCUT2D eigenvalue weighted by atomic mass is 16.2. The monoisotopic (exact) mass is 362 g/mol. The molecule has 6 nitrogen and oxygen atoms in total. The Kier molecular flexibility index (Phi) is 3.67. The van der Waals surface area contributed by atoms with Gasteiger partial charge in [0.25, 0.3) is 11.5 Å². The molecular formula is C21H22N4O2. The summed E-state index contributed by atoms with van der Waals surface area (Å²) in [5.74, 6) is 0.212. The maximum atomic E-state index is 13.2. The lowest BCUT2D eigenvalue weighted by Crippen LogP contribution is -2.31. The molecule has 2 aliphatic carbocycles. The standard InChI is InChI=1S/C21H22N4O2/c1-25-19-18(21(27)24-25)15(11-17(22-19)13-9-10-13)20(26)23-16-8-4-6-12-5-2-3-7-14(12)16/h2-3,5,7,11,13,16H,4,6,8-10H2,1H3,(H,23,26)(H,24,27)/t16-/m1/s1. The first-order valence-electron chi connectivity index (χ1n) is 9.60. The van der Waals surface area contributed by atoms with Crippen LogP contribution in [0.25, 0.3) is 11.0 Å². The van der Waals surface area contributed by atoms with Crippen LogP contribution in [0.4, 0.5) is 0 Å². The van der Waals surface area contributed by atoms with E-state index in [-0.39, 0.29) is 17.5 Å². The van der Waals surface area contributed by atoms with Crippen LogP contribution in [0.15, 0.2) is 35.1 Å². The van der Waals surface area contributed by atoms with E-state index in [0.717, 1.165) is 37.8 Å². The number of benzene rings is 1. The molecule has 0 aliphatic heterocycles. The number of fused-ring (bicyclic) bond motifs is 2. The summed E-state index contributed by atoms with van der Waals surface area (Å²) in [5, 5.41) is 6.29. The van der Waals surface area contributed by atoms with Crippen molar-refractivity contribution in [2.45, 2.75) is 44.1 Å². The molecule has 27 heavy (non-hydrogen) atoms. The highest BCUT2D eigenvalue weighted by molar-refractivity contribution is 6.05. The van der Waals surface area contributed by atoms with Crippen LogP contribution in [-0.4, -0.2) is 20.7 Å². The third kappa shape index (κ3) is 2.76. The van der Waals surface area contributed by atoms with Crippen LogP contribution in [0, 0.1) is 0 Å². The number of aromatic nitrogens is 3. The number of carbonyl (C=O) groups is 1. The molecule has 2 N–H and O–H groups in total. The number of pyridine rings is 1. The van der Waals surface area contributed by atoms with Crippen molar-refractivity contribution in [1.29, 1.82) is 0 Å². The smallest absolute Gasteiger partial charge is 0.274 e. The third-order valence-corrected chi connectivity index (χ3v) is 5.75. The van der Waals surface area contributed by atoms with Gasteiger partial charge in [0.2, 0.25) is 0 Å². The normalized spacial score (nSPS) is 19.1. The van der Waals surface area contributed by atoms with Gasteiger partial charge in [0.05, 0.1) is 17.0 Å². The van der Waals surface area contributed by atoms with E-state index in [1.165, 1.54) is 11.1 Å². The molecule has 2 aliphatic rings. The van der Waals surface area contributed by atoms with Crippen molar-refractivity contribution in [3.63, 3.8) is 0 Å². The van der Waals surface area contributed by atoms with Crippen molar-refractivity contribution in [2.24, 2.45) is 7.05 Å². The Balaban J connectivity index is 1.56. The van der Waals surface area contributed by atoms with Crippen molar-refractivity contribution in [3.8, 4) is 0 Å². The zero-order valence-corrected chi connectivity index (χ0v) is 15.3. The predicted octanol–water partition coefficient (Wildman–Crippen LogP) is 2.95. The molecule has 1 fully saturated rings. The number of nitrogens with one attached hydrogen (secondary N) is 2. The van der Waals surface area contributed by atoms with Gasteiger partial charge in [0, 0.05) is 18.7 Å². The second kappa shape index (κ2) is 6.08. The van der Waals surface area contributed by atoms with Crippen LogP contribution in [0.1, 0.15) is 64.8 Å². The molecule has 1 atom stereocenters. The van der Waals surface area contributed by atoms with E-state index in [1.54, 1.807) is 11.7 Å². The zero-order chi connectivity index (χ0) is 18.5. The Labute approximate surface area is 156 Å². The fourth-order valence-corrected chi connectivity index (χ4v) is 4.19. The number of aromatic amines is 1. The summed E-state index contributed by atoms with van der Waals surface area (Å²) in [7, 11) is 1.76. The SMILES string of the molecule is Cn1[nH]c(=O)c2c(C(=O)N[C@@H]3CCCc4ccccc43)cc(C3CC3)nc21. The van der Waals surface area contributed by atoms with Gasteiger partial charge in [-0.3, -0.25) is 19.4 Å². The van der Waals surface area contributed by atoms with Crippen LogP contribution in [0.2, 0.25) is 0 Å². The first kappa shape index (κ1) is 16.3. The molecule has 3 aromatic rings. The largest absolute Gasteiger partial charge is 0.345 e. The number of H-pyrrole nitrogens is 1. The van der Waals surface area contributed by atoms with E-state index in [2.05, 4.69) is 27.5 Å². The number of hydrogen-bond acceptors (Lipinski definition) is 3. The first-order valence-corrected chi connectivity index (χ1v) is 9.60. The Morgan fingerprint density at radius 3 is 2.89 bits per heavy atom. The Morgan fingerprint density at radius 2 is 2.07 bits per heavy atom. The fourth-order valence-electron chi connectivity index (χ4n) is 4.19. The van der Waals surface area contributed by atoms with Crippen molar-refractivity contribution < 1.29 is 4.79 Å². The van der Waals surface area contributed by atoms with Crippen molar-refractivity contribution in [3.05, 3.63) is 63.1 Å². The quantitative estimate of drug-likeness (QED) is 0.752. The summed E-state index contributed by atoms with van der Waals surface area (Å²) in [6.45, 7) is 0. The highest BCUT2D eigenvalue weighted by Gasteiger charge is 2.29. The van der Waals surface area contributed by atoms with Gasteiger partial charge in [-0.1, -0.05) is 24.3 Å². The molecule has 1 amide bonds. The predicted molar refractivity (Wildman–Crippen MR) is 103 cm³/mol. The summed E-state index contributed by atoms with van der Waals surface area (Å²) >= 11 is 0. The number of rotatable bonds is 3. The van der Waals surface area contributed by atoms with Crippen LogP contribution in [0.3, 0.4) is 0 Å². The molecule has 138 valence electrons. The molecule has 0 spiro atoms. The number of aryl methyl sites for hydroxylation is 2. The number of carbonyl (C=O) groups excluding carboxylic acids is 1. The lowest BCUT2D eigenvalue weighted by Gasteiger charge is -2.26. The van der Waals surface area contributed by atoms with E-state index in [0.29, 0.717) is 22.5 Å². The Hall–Kier alpha value is -2.89. The van der Waals surface area contributed by atoms with Crippen molar-refractivity contribution >= 4 is 16.9 Å². The van der Waals surface area contributed by atoms with Gasteiger partial charge < -0.3 is 5.32 Å². The summed E-state index contributed by atoms with van der Waals surface area (Å²) in [6.07, 6.45) is 5.19. The van der Waals surface area contributed by atoms with Crippen LogP contribution in [0.5, 0.6) is 0 Å². The van der Waals surface area contributed by atoms with Gasteiger partial charge in [-0.15, -0.1) is 0 Å². The molecule has 5 rings (SSSR count). The topological polar surface area (TPSA) is 79.8 Å². The molecular weight excluding hydrogens is 340 g/mol. The van der Waals surface area contributed by atoms with Crippen LogP contribution >= 0.6 is 0 Å². The van der Waals surface area contributed by atoms with Gasteiger partial charge in [-0.2, -0.15) is 0 Å². The minimum Gasteiger partial charge on any atom is -0.345 e.